The van der Waals surface area contributed by atoms with Gasteiger partial charge in [0.15, 0.2) is 5.78 Å². The molecule has 104 valence electrons. The molecule has 0 spiro atoms. The summed E-state index contributed by atoms with van der Waals surface area (Å²) in [5, 5.41) is 3.22. The van der Waals surface area contributed by atoms with E-state index in [4.69, 9.17) is 4.74 Å². The summed E-state index contributed by atoms with van der Waals surface area (Å²) in [5.41, 5.74) is 2.79. The third-order valence-corrected chi connectivity index (χ3v) is 3.57. The number of aromatic nitrogens is 1. The van der Waals surface area contributed by atoms with Gasteiger partial charge in [-0.1, -0.05) is 0 Å². The van der Waals surface area contributed by atoms with E-state index in [1.54, 1.807) is 13.3 Å². The first-order valence-electron chi connectivity index (χ1n) is 6.83. The largest absolute Gasteiger partial charge is 0.496 e. The zero-order valence-electron chi connectivity index (χ0n) is 12.0. The van der Waals surface area contributed by atoms with Gasteiger partial charge in [-0.25, -0.2) is 0 Å². The quantitative estimate of drug-likeness (QED) is 0.814. The predicted octanol–water partition coefficient (Wildman–Crippen LogP) is 1.82. The van der Waals surface area contributed by atoms with Gasteiger partial charge in [0, 0.05) is 17.3 Å². The Morgan fingerprint density at radius 2 is 2.21 bits per heavy atom. The Morgan fingerprint density at radius 1 is 1.47 bits per heavy atom. The molecule has 0 radical (unpaired) electrons. The van der Waals surface area contributed by atoms with Crippen LogP contribution in [0.5, 0.6) is 5.75 Å². The highest BCUT2D eigenvalue weighted by Crippen LogP contribution is 2.27. The standard InChI is InChI=1S/C15H22N2O2/c1-10-7-17-14(11(2)15(10)19-3)6-13(18)9-16-8-12-4-5-12/h7,12,16H,4-6,8-9H2,1-3H3. The topological polar surface area (TPSA) is 51.2 Å². The molecule has 4 nitrogen and oxygen atoms in total. The minimum atomic E-state index is 0.183. The summed E-state index contributed by atoms with van der Waals surface area (Å²) in [6, 6.07) is 0. The molecule has 1 aromatic heterocycles. The number of carbonyl (C=O) groups is 1. The second kappa shape index (κ2) is 6.15. The first kappa shape index (κ1) is 14.0. The SMILES string of the molecule is COc1c(C)cnc(CC(=O)CNCC2CC2)c1C. The molecule has 1 N–H and O–H groups in total. The van der Waals surface area contributed by atoms with Crippen LogP contribution in [0, 0.1) is 19.8 Å². The van der Waals surface area contributed by atoms with Gasteiger partial charge < -0.3 is 10.1 Å². The number of rotatable bonds is 7. The number of ketones is 1. The molecule has 2 rings (SSSR count). The van der Waals surface area contributed by atoms with Crippen LogP contribution in [0.4, 0.5) is 0 Å². The van der Waals surface area contributed by atoms with E-state index in [-0.39, 0.29) is 5.78 Å². The predicted molar refractivity (Wildman–Crippen MR) is 74.6 cm³/mol. The smallest absolute Gasteiger partial charge is 0.152 e. The van der Waals surface area contributed by atoms with Crippen LogP contribution in [0.25, 0.3) is 0 Å². The fourth-order valence-corrected chi connectivity index (χ4v) is 2.24. The normalized spacial score (nSPS) is 14.5. The van der Waals surface area contributed by atoms with Crippen molar-refractivity contribution in [3.63, 3.8) is 0 Å². The number of nitrogens with one attached hydrogen (secondary N) is 1. The average Bonchev–Trinajstić information content (AvgIpc) is 3.18. The first-order valence-corrected chi connectivity index (χ1v) is 6.83. The van der Waals surface area contributed by atoms with Crippen LogP contribution in [-0.4, -0.2) is 31.0 Å². The number of methoxy groups -OCH3 is 1. The molecule has 0 bridgehead atoms. The van der Waals surface area contributed by atoms with E-state index in [2.05, 4.69) is 10.3 Å². The average molecular weight is 262 g/mol. The van der Waals surface area contributed by atoms with Crippen molar-refractivity contribution in [2.75, 3.05) is 20.2 Å². The van der Waals surface area contributed by atoms with Gasteiger partial charge in [-0.2, -0.15) is 0 Å². The number of carbonyl (C=O) groups excluding carboxylic acids is 1. The molecule has 4 heteroatoms. The van der Waals surface area contributed by atoms with Gasteiger partial charge in [0.25, 0.3) is 0 Å². The van der Waals surface area contributed by atoms with Gasteiger partial charge in [-0.15, -0.1) is 0 Å². The van der Waals surface area contributed by atoms with E-state index >= 15 is 0 Å². The van der Waals surface area contributed by atoms with Gasteiger partial charge in [0.1, 0.15) is 5.75 Å². The number of aryl methyl sites for hydroxylation is 1. The number of hydrogen-bond donors (Lipinski definition) is 1. The number of nitrogens with zero attached hydrogens (tertiary/aromatic N) is 1. The highest BCUT2D eigenvalue weighted by Gasteiger charge is 2.20. The molecule has 1 aromatic rings. The van der Waals surface area contributed by atoms with E-state index in [1.807, 2.05) is 13.8 Å². The summed E-state index contributed by atoms with van der Waals surface area (Å²) < 4.78 is 5.35. The molecule has 1 aliphatic carbocycles. The van der Waals surface area contributed by atoms with Crippen molar-refractivity contribution in [1.29, 1.82) is 0 Å². The van der Waals surface area contributed by atoms with Gasteiger partial charge >= 0.3 is 0 Å². The third-order valence-electron chi connectivity index (χ3n) is 3.57. The van der Waals surface area contributed by atoms with E-state index in [0.717, 1.165) is 35.0 Å². The maximum absolute atomic E-state index is 11.9. The zero-order valence-corrected chi connectivity index (χ0v) is 12.0. The fraction of sp³-hybridized carbons (Fsp3) is 0.600. The lowest BCUT2D eigenvalue weighted by molar-refractivity contribution is -0.117. The van der Waals surface area contributed by atoms with Gasteiger partial charge in [0.05, 0.1) is 25.8 Å². The number of ether oxygens (including phenoxy) is 1. The summed E-state index contributed by atoms with van der Waals surface area (Å²) in [4.78, 5) is 16.3. The van der Waals surface area contributed by atoms with Crippen LogP contribution < -0.4 is 10.1 Å². The molecule has 1 heterocycles. The maximum Gasteiger partial charge on any atom is 0.152 e. The fourth-order valence-electron chi connectivity index (χ4n) is 2.24. The summed E-state index contributed by atoms with van der Waals surface area (Å²) in [7, 11) is 1.65. The zero-order chi connectivity index (χ0) is 13.8. The highest BCUT2D eigenvalue weighted by molar-refractivity contribution is 5.82. The van der Waals surface area contributed by atoms with E-state index in [1.165, 1.54) is 12.8 Å². The van der Waals surface area contributed by atoms with Crippen molar-refractivity contribution in [1.82, 2.24) is 10.3 Å². The van der Waals surface area contributed by atoms with Crippen LogP contribution in [0.3, 0.4) is 0 Å². The molecular formula is C15H22N2O2. The Labute approximate surface area is 114 Å². The van der Waals surface area contributed by atoms with E-state index in [9.17, 15) is 4.79 Å². The Kier molecular flexibility index (Phi) is 4.53. The first-order chi connectivity index (χ1) is 9.11. The summed E-state index contributed by atoms with van der Waals surface area (Å²) in [5.74, 6) is 1.82. The molecule has 1 fully saturated rings. The van der Waals surface area contributed by atoms with Crippen molar-refractivity contribution in [2.24, 2.45) is 5.92 Å². The molecule has 0 unspecified atom stereocenters. The van der Waals surface area contributed by atoms with Crippen LogP contribution in [0.2, 0.25) is 0 Å². The van der Waals surface area contributed by atoms with Crippen molar-refractivity contribution in [2.45, 2.75) is 33.1 Å². The van der Waals surface area contributed by atoms with Crippen LogP contribution in [0.1, 0.15) is 29.7 Å². The van der Waals surface area contributed by atoms with Crippen LogP contribution >= 0.6 is 0 Å². The van der Waals surface area contributed by atoms with Crippen molar-refractivity contribution in [3.05, 3.63) is 23.0 Å². The minimum absolute atomic E-state index is 0.183. The monoisotopic (exact) mass is 262 g/mol. The second-order valence-corrected chi connectivity index (χ2v) is 5.34. The highest BCUT2D eigenvalue weighted by atomic mass is 16.5. The van der Waals surface area contributed by atoms with Gasteiger partial charge in [-0.05, 0) is 39.2 Å². The molecule has 19 heavy (non-hydrogen) atoms. The van der Waals surface area contributed by atoms with Crippen molar-refractivity contribution >= 4 is 5.78 Å². The molecule has 0 atom stereocenters. The lowest BCUT2D eigenvalue weighted by Gasteiger charge is -2.12. The lowest BCUT2D eigenvalue weighted by atomic mass is 10.1. The molecule has 0 saturated heterocycles. The van der Waals surface area contributed by atoms with E-state index in [0.29, 0.717) is 13.0 Å². The summed E-state index contributed by atoms with van der Waals surface area (Å²) in [6.07, 6.45) is 4.75. The molecule has 0 amide bonds. The number of hydrogen-bond acceptors (Lipinski definition) is 4. The Morgan fingerprint density at radius 3 is 2.84 bits per heavy atom. The van der Waals surface area contributed by atoms with Crippen LogP contribution in [-0.2, 0) is 11.2 Å². The Balaban J connectivity index is 1.91. The van der Waals surface area contributed by atoms with Crippen molar-refractivity contribution < 1.29 is 9.53 Å². The van der Waals surface area contributed by atoms with Crippen molar-refractivity contribution in [3.8, 4) is 5.75 Å². The summed E-state index contributed by atoms with van der Waals surface area (Å²) in [6.45, 7) is 5.32. The molecule has 0 aliphatic heterocycles. The second-order valence-electron chi connectivity index (χ2n) is 5.34. The molecule has 0 aromatic carbocycles. The number of Topliss-reactive ketones (excluding diaryl/α,β-unsaturated/α-hetero) is 1. The lowest BCUT2D eigenvalue weighted by Crippen LogP contribution is -2.26. The number of pyridine rings is 1. The third kappa shape index (κ3) is 3.77. The van der Waals surface area contributed by atoms with E-state index < -0.39 is 0 Å². The Hall–Kier alpha value is -1.42. The molecule has 1 saturated carbocycles. The molecule has 1 aliphatic rings. The molecular weight excluding hydrogens is 240 g/mol. The minimum Gasteiger partial charge on any atom is -0.496 e. The summed E-state index contributed by atoms with van der Waals surface area (Å²) >= 11 is 0. The van der Waals surface area contributed by atoms with Gasteiger partial charge in [0.2, 0.25) is 0 Å². The van der Waals surface area contributed by atoms with Gasteiger partial charge in [-0.3, -0.25) is 9.78 Å². The van der Waals surface area contributed by atoms with Crippen LogP contribution in [0.15, 0.2) is 6.20 Å². The Bertz CT molecular complexity index is 467. The maximum atomic E-state index is 11.9.